The standard InChI is InChI=1S/C21H18F3N3O5S.Na/c1-13-2-4-14(5-3-13)17-12-18(21(22,23)24)25-27(17)15-6-8-16(9-7-15)33(31,32)26-19(28)10-11-20(29)30;/h2-9,12H,10-11H2,1H3,(H,26,28)(H,29,30);/q;+1/p-1. The molecule has 3 rings (SSSR count). The zero-order valence-electron chi connectivity index (χ0n) is 18.1. The van der Waals surface area contributed by atoms with Crippen molar-refractivity contribution >= 4 is 21.9 Å². The predicted octanol–water partition coefficient (Wildman–Crippen LogP) is -0.794. The maximum absolute atomic E-state index is 13.3. The Labute approximate surface area is 215 Å². The van der Waals surface area contributed by atoms with Crippen molar-refractivity contribution in [2.24, 2.45) is 0 Å². The van der Waals surface area contributed by atoms with E-state index in [1.807, 2.05) is 6.92 Å². The average Bonchev–Trinajstić information content (AvgIpc) is 3.19. The molecule has 0 saturated heterocycles. The summed E-state index contributed by atoms with van der Waals surface area (Å²) < 4.78 is 67.3. The Balaban J connectivity index is 0.00000408. The summed E-state index contributed by atoms with van der Waals surface area (Å²) in [6, 6.07) is 12.3. The Morgan fingerprint density at radius 1 is 1.03 bits per heavy atom. The summed E-state index contributed by atoms with van der Waals surface area (Å²) in [7, 11) is -4.31. The fourth-order valence-electron chi connectivity index (χ4n) is 2.89. The van der Waals surface area contributed by atoms with Gasteiger partial charge in [-0.25, -0.2) is 17.8 Å². The van der Waals surface area contributed by atoms with Gasteiger partial charge in [0.25, 0.3) is 10.0 Å². The van der Waals surface area contributed by atoms with Crippen LogP contribution in [0, 0.1) is 6.92 Å². The van der Waals surface area contributed by atoms with Crippen molar-refractivity contribution in [3.8, 4) is 16.9 Å². The van der Waals surface area contributed by atoms with Gasteiger partial charge in [0, 0.05) is 18.0 Å². The Morgan fingerprint density at radius 2 is 1.62 bits per heavy atom. The molecule has 2 aromatic carbocycles. The number of halogens is 3. The number of hydrogen-bond donors (Lipinski definition) is 1. The number of sulfonamides is 1. The van der Waals surface area contributed by atoms with Crippen molar-refractivity contribution in [1.82, 2.24) is 14.5 Å². The molecule has 0 saturated carbocycles. The minimum absolute atomic E-state index is 0. The Morgan fingerprint density at radius 3 is 2.15 bits per heavy atom. The zero-order valence-corrected chi connectivity index (χ0v) is 20.9. The first-order chi connectivity index (χ1) is 15.4. The van der Waals surface area contributed by atoms with Gasteiger partial charge in [-0.2, -0.15) is 18.3 Å². The van der Waals surface area contributed by atoms with E-state index in [9.17, 15) is 36.3 Å². The number of aromatic nitrogens is 2. The second kappa shape index (κ2) is 10.7. The number of nitrogens with one attached hydrogen (secondary N) is 1. The third kappa shape index (κ3) is 6.69. The van der Waals surface area contributed by atoms with Crippen LogP contribution in [-0.2, 0) is 25.8 Å². The van der Waals surface area contributed by atoms with E-state index >= 15 is 0 Å². The van der Waals surface area contributed by atoms with E-state index < -0.39 is 46.6 Å². The van der Waals surface area contributed by atoms with E-state index in [1.54, 1.807) is 29.0 Å². The number of rotatable bonds is 7. The fourth-order valence-corrected chi connectivity index (χ4v) is 3.90. The maximum atomic E-state index is 13.3. The number of carboxylic acids is 1. The summed E-state index contributed by atoms with van der Waals surface area (Å²) in [6.07, 6.45) is -5.93. The maximum Gasteiger partial charge on any atom is 1.00 e. The summed E-state index contributed by atoms with van der Waals surface area (Å²) in [5.41, 5.74) is 0.573. The molecule has 0 aliphatic rings. The fraction of sp³-hybridized carbons (Fsp3) is 0.190. The molecule has 0 aliphatic carbocycles. The van der Waals surface area contributed by atoms with E-state index in [0.717, 1.165) is 28.4 Å². The summed E-state index contributed by atoms with van der Waals surface area (Å²) in [4.78, 5) is 21.7. The first-order valence-corrected chi connectivity index (χ1v) is 11.0. The number of aliphatic carboxylic acids is 1. The third-order valence-electron chi connectivity index (χ3n) is 4.54. The number of aryl methyl sites for hydroxylation is 1. The van der Waals surface area contributed by atoms with Gasteiger partial charge in [-0.05, 0) is 43.7 Å². The van der Waals surface area contributed by atoms with Crippen LogP contribution < -0.4 is 39.4 Å². The van der Waals surface area contributed by atoms with Gasteiger partial charge in [-0.15, -0.1) is 0 Å². The van der Waals surface area contributed by atoms with Crippen molar-refractivity contribution in [3.05, 3.63) is 65.9 Å². The number of benzene rings is 2. The van der Waals surface area contributed by atoms with Crippen LogP contribution in [0.1, 0.15) is 24.1 Å². The van der Waals surface area contributed by atoms with Crippen LogP contribution in [0.4, 0.5) is 13.2 Å². The molecule has 34 heavy (non-hydrogen) atoms. The number of nitrogens with zero attached hydrogens (tertiary/aromatic N) is 2. The summed E-state index contributed by atoms with van der Waals surface area (Å²) in [5, 5.41) is 14.0. The van der Waals surface area contributed by atoms with Crippen LogP contribution in [-0.4, -0.2) is 30.1 Å². The Kier molecular flexibility index (Phi) is 8.70. The molecule has 0 atom stereocenters. The van der Waals surface area contributed by atoms with E-state index in [2.05, 4.69) is 5.10 Å². The van der Waals surface area contributed by atoms with Crippen molar-refractivity contribution in [3.63, 3.8) is 0 Å². The topological polar surface area (TPSA) is 121 Å². The van der Waals surface area contributed by atoms with Gasteiger partial charge < -0.3 is 9.90 Å². The molecule has 13 heteroatoms. The predicted molar refractivity (Wildman–Crippen MR) is 108 cm³/mol. The first kappa shape index (κ1) is 27.6. The van der Waals surface area contributed by atoms with Gasteiger partial charge in [-0.1, -0.05) is 29.8 Å². The second-order valence-electron chi connectivity index (χ2n) is 7.08. The molecule has 0 spiro atoms. The monoisotopic (exact) mass is 503 g/mol. The normalized spacial score (nSPS) is 11.5. The van der Waals surface area contributed by atoms with E-state index in [0.29, 0.717) is 5.56 Å². The largest absolute Gasteiger partial charge is 1.00 e. The van der Waals surface area contributed by atoms with Gasteiger partial charge in [0.2, 0.25) is 5.91 Å². The number of carboxylic acid groups (broad SMARTS) is 1. The molecule has 0 radical (unpaired) electrons. The summed E-state index contributed by atoms with van der Waals surface area (Å²) >= 11 is 0. The number of amides is 1. The minimum Gasteiger partial charge on any atom is -0.550 e. The quantitative estimate of drug-likeness (QED) is 0.422. The molecule has 0 fully saturated rings. The molecule has 174 valence electrons. The summed E-state index contributed by atoms with van der Waals surface area (Å²) in [6.45, 7) is 1.83. The molecular weight excluding hydrogens is 486 g/mol. The van der Waals surface area contributed by atoms with Gasteiger partial charge in [0.05, 0.1) is 16.3 Å². The van der Waals surface area contributed by atoms with E-state index in [-0.39, 0.29) is 45.8 Å². The number of alkyl halides is 3. The van der Waals surface area contributed by atoms with Crippen LogP contribution in [0.15, 0.2) is 59.5 Å². The first-order valence-electron chi connectivity index (χ1n) is 9.47. The molecule has 0 aliphatic heterocycles. The van der Waals surface area contributed by atoms with Crippen molar-refractivity contribution in [2.75, 3.05) is 0 Å². The Hall–Kier alpha value is -2.67. The van der Waals surface area contributed by atoms with E-state index in [1.165, 1.54) is 12.1 Å². The molecule has 0 unspecified atom stereocenters. The number of carbonyl (C=O) groups is 2. The molecule has 8 nitrogen and oxygen atoms in total. The molecule has 3 aromatic rings. The average molecular weight is 503 g/mol. The molecule has 1 heterocycles. The van der Waals surface area contributed by atoms with Crippen LogP contribution in [0.3, 0.4) is 0 Å². The molecule has 1 aromatic heterocycles. The molecule has 0 bridgehead atoms. The molecule has 1 N–H and O–H groups in total. The molecule has 1 amide bonds. The van der Waals surface area contributed by atoms with Crippen LogP contribution in [0.25, 0.3) is 16.9 Å². The zero-order chi connectivity index (χ0) is 24.4. The molecular formula is C21H17F3N3NaO5S. The SMILES string of the molecule is Cc1ccc(-c2cc(C(F)(F)F)nn2-c2ccc(S(=O)(=O)NC(=O)CCC(=O)[O-])cc2)cc1.[Na+]. The van der Waals surface area contributed by atoms with Crippen LogP contribution in [0.5, 0.6) is 0 Å². The van der Waals surface area contributed by atoms with Crippen molar-refractivity contribution in [2.45, 2.75) is 30.8 Å². The smallest absolute Gasteiger partial charge is 0.550 e. The van der Waals surface area contributed by atoms with Gasteiger partial charge in [-0.3, -0.25) is 4.79 Å². The van der Waals surface area contributed by atoms with Gasteiger partial charge in [0.1, 0.15) is 0 Å². The van der Waals surface area contributed by atoms with Crippen molar-refractivity contribution in [1.29, 1.82) is 0 Å². The van der Waals surface area contributed by atoms with Gasteiger partial charge >= 0.3 is 35.7 Å². The Bertz CT molecular complexity index is 1290. The minimum atomic E-state index is -4.69. The van der Waals surface area contributed by atoms with Crippen LogP contribution >= 0.6 is 0 Å². The van der Waals surface area contributed by atoms with E-state index in [4.69, 9.17) is 0 Å². The number of carbonyl (C=O) groups excluding carboxylic acids is 2. The second-order valence-corrected chi connectivity index (χ2v) is 8.77. The number of hydrogen-bond acceptors (Lipinski definition) is 6. The van der Waals surface area contributed by atoms with Crippen LogP contribution in [0.2, 0.25) is 0 Å². The third-order valence-corrected chi connectivity index (χ3v) is 5.93. The summed E-state index contributed by atoms with van der Waals surface area (Å²) in [5.74, 6) is -2.54. The van der Waals surface area contributed by atoms with Gasteiger partial charge in [0.15, 0.2) is 5.69 Å². The van der Waals surface area contributed by atoms with Crippen molar-refractivity contribution < 1.29 is 65.8 Å².